The maximum atomic E-state index is 13.0. The molecule has 0 radical (unpaired) electrons. The molecule has 0 unspecified atom stereocenters. The lowest BCUT2D eigenvalue weighted by molar-refractivity contribution is -0.137. The molecular formula is C21H18F3N3O4. The van der Waals surface area contributed by atoms with Crippen LogP contribution in [0.1, 0.15) is 27.3 Å². The number of alkyl halides is 3. The molecule has 0 bridgehead atoms. The van der Waals surface area contributed by atoms with Crippen molar-refractivity contribution in [2.75, 3.05) is 6.54 Å². The molecule has 0 saturated carbocycles. The fourth-order valence-corrected chi connectivity index (χ4v) is 2.91. The van der Waals surface area contributed by atoms with E-state index in [1.54, 1.807) is 6.07 Å². The monoisotopic (exact) mass is 433 g/mol. The van der Waals surface area contributed by atoms with Crippen LogP contribution in [0.3, 0.4) is 0 Å². The molecule has 3 N–H and O–H groups in total. The van der Waals surface area contributed by atoms with Crippen molar-refractivity contribution in [1.82, 2.24) is 15.1 Å². The van der Waals surface area contributed by atoms with Crippen LogP contribution >= 0.6 is 0 Å². The molecule has 1 amide bonds. The summed E-state index contributed by atoms with van der Waals surface area (Å²) in [5, 5.41) is 25.3. The highest BCUT2D eigenvalue weighted by Gasteiger charge is 2.30. The second kappa shape index (κ2) is 8.50. The van der Waals surface area contributed by atoms with E-state index in [1.165, 1.54) is 31.2 Å². The van der Waals surface area contributed by atoms with Gasteiger partial charge in [-0.15, -0.1) is 0 Å². The Bertz CT molecular complexity index is 1190. The van der Waals surface area contributed by atoms with Crippen LogP contribution in [0, 0.1) is 6.92 Å². The van der Waals surface area contributed by atoms with Gasteiger partial charge in [0, 0.05) is 18.3 Å². The maximum Gasteiger partial charge on any atom is 0.416 e. The van der Waals surface area contributed by atoms with Crippen LogP contribution in [0.25, 0.3) is 5.69 Å². The first-order valence-electron chi connectivity index (χ1n) is 9.14. The van der Waals surface area contributed by atoms with Gasteiger partial charge < -0.3 is 15.5 Å². The summed E-state index contributed by atoms with van der Waals surface area (Å²) >= 11 is 0. The second-order valence-corrected chi connectivity index (χ2v) is 6.79. The summed E-state index contributed by atoms with van der Waals surface area (Å²) in [6, 6.07) is 9.72. The van der Waals surface area contributed by atoms with E-state index in [9.17, 15) is 33.0 Å². The van der Waals surface area contributed by atoms with Crippen molar-refractivity contribution in [3.05, 3.63) is 81.3 Å². The number of halogens is 3. The van der Waals surface area contributed by atoms with Crippen LogP contribution in [-0.2, 0) is 12.6 Å². The molecule has 0 aliphatic carbocycles. The van der Waals surface area contributed by atoms with Gasteiger partial charge in [-0.3, -0.25) is 9.59 Å². The number of aromatic nitrogens is 2. The van der Waals surface area contributed by atoms with Crippen molar-refractivity contribution in [2.24, 2.45) is 0 Å². The van der Waals surface area contributed by atoms with E-state index in [0.29, 0.717) is 12.0 Å². The molecule has 3 aromatic rings. The van der Waals surface area contributed by atoms with E-state index in [1.807, 2.05) is 0 Å². The Balaban J connectivity index is 1.81. The van der Waals surface area contributed by atoms with E-state index in [-0.39, 0.29) is 29.4 Å². The van der Waals surface area contributed by atoms with Crippen LogP contribution < -0.4 is 10.7 Å². The SMILES string of the molecule is Cc1cc(=O)c(C(=O)NCCc2ccc(O)c(O)c2)nn1-c1cccc(C(F)(F)F)c1. The van der Waals surface area contributed by atoms with Gasteiger partial charge in [0.2, 0.25) is 5.43 Å². The summed E-state index contributed by atoms with van der Waals surface area (Å²) in [5.41, 5.74) is -1.06. The number of aryl methyl sites for hydroxylation is 1. The third-order valence-corrected chi connectivity index (χ3v) is 4.48. The molecule has 10 heteroatoms. The first-order valence-corrected chi connectivity index (χ1v) is 9.14. The summed E-state index contributed by atoms with van der Waals surface area (Å²) in [5.74, 6) is -1.35. The fourth-order valence-electron chi connectivity index (χ4n) is 2.91. The quantitative estimate of drug-likeness (QED) is 0.537. The van der Waals surface area contributed by atoms with Crippen molar-refractivity contribution in [1.29, 1.82) is 0 Å². The molecule has 0 spiro atoms. The molecule has 7 nitrogen and oxygen atoms in total. The largest absolute Gasteiger partial charge is 0.504 e. The lowest BCUT2D eigenvalue weighted by Crippen LogP contribution is -2.33. The molecule has 0 saturated heterocycles. The topological polar surface area (TPSA) is 104 Å². The van der Waals surface area contributed by atoms with Crippen molar-refractivity contribution >= 4 is 5.91 Å². The number of amides is 1. The predicted molar refractivity (Wildman–Crippen MR) is 105 cm³/mol. The number of hydrogen-bond acceptors (Lipinski definition) is 5. The van der Waals surface area contributed by atoms with E-state index in [0.717, 1.165) is 22.9 Å². The zero-order chi connectivity index (χ0) is 22.8. The molecule has 31 heavy (non-hydrogen) atoms. The fraction of sp³-hybridized carbons (Fsp3) is 0.190. The van der Waals surface area contributed by atoms with Crippen LogP contribution in [0.4, 0.5) is 13.2 Å². The minimum atomic E-state index is -4.55. The Morgan fingerprint density at radius 3 is 2.52 bits per heavy atom. The Hall–Kier alpha value is -3.82. The van der Waals surface area contributed by atoms with E-state index in [4.69, 9.17) is 0 Å². The van der Waals surface area contributed by atoms with E-state index < -0.39 is 28.8 Å². The highest BCUT2D eigenvalue weighted by Crippen LogP contribution is 2.30. The molecule has 2 aromatic carbocycles. The van der Waals surface area contributed by atoms with Gasteiger partial charge in [-0.05, 0) is 49.2 Å². The van der Waals surface area contributed by atoms with Crippen molar-refractivity contribution in [3.8, 4) is 17.2 Å². The first kappa shape index (κ1) is 21.9. The number of nitrogens with one attached hydrogen (secondary N) is 1. The number of carbonyl (C=O) groups excluding carboxylic acids is 1. The zero-order valence-electron chi connectivity index (χ0n) is 16.3. The summed E-state index contributed by atoms with van der Waals surface area (Å²) in [7, 11) is 0. The van der Waals surface area contributed by atoms with Crippen LogP contribution in [0.15, 0.2) is 53.3 Å². The number of carbonyl (C=O) groups is 1. The molecule has 1 heterocycles. The minimum Gasteiger partial charge on any atom is -0.504 e. The number of phenols is 2. The highest BCUT2D eigenvalue weighted by atomic mass is 19.4. The summed E-state index contributed by atoms with van der Waals surface area (Å²) < 4.78 is 40.1. The van der Waals surface area contributed by atoms with Crippen molar-refractivity contribution < 1.29 is 28.2 Å². The summed E-state index contributed by atoms with van der Waals surface area (Å²) in [6.07, 6.45) is -4.25. The van der Waals surface area contributed by atoms with Crippen molar-refractivity contribution in [3.63, 3.8) is 0 Å². The Labute approximate surface area is 174 Å². The number of rotatable bonds is 5. The van der Waals surface area contributed by atoms with Gasteiger partial charge in [-0.2, -0.15) is 18.3 Å². The molecule has 0 atom stereocenters. The standard InChI is InChI=1S/C21H18F3N3O4/c1-12-9-18(30)19(20(31)25-8-7-13-5-6-16(28)17(29)10-13)26-27(12)15-4-2-3-14(11-15)21(22,23)24/h2-6,9-11,28-29H,7-8H2,1H3,(H,25,31). The van der Waals surface area contributed by atoms with Crippen LogP contribution in [0.2, 0.25) is 0 Å². The lowest BCUT2D eigenvalue weighted by Gasteiger charge is -2.13. The third kappa shape index (κ3) is 5.03. The average Bonchev–Trinajstić information content (AvgIpc) is 2.70. The zero-order valence-corrected chi connectivity index (χ0v) is 16.3. The van der Waals surface area contributed by atoms with Gasteiger partial charge in [0.15, 0.2) is 17.2 Å². The Kier molecular flexibility index (Phi) is 6.00. The van der Waals surface area contributed by atoms with Gasteiger partial charge in [-0.1, -0.05) is 12.1 Å². The van der Waals surface area contributed by atoms with E-state index in [2.05, 4.69) is 10.4 Å². The highest BCUT2D eigenvalue weighted by molar-refractivity contribution is 5.92. The minimum absolute atomic E-state index is 0.0564. The normalized spacial score (nSPS) is 11.4. The van der Waals surface area contributed by atoms with E-state index >= 15 is 0 Å². The summed E-state index contributed by atoms with van der Waals surface area (Å²) in [6.45, 7) is 1.59. The van der Waals surface area contributed by atoms with Crippen LogP contribution in [-0.4, -0.2) is 32.4 Å². The van der Waals surface area contributed by atoms with Gasteiger partial charge in [0.25, 0.3) is 5.91 Å². The van der Waals surface area contributed by atoms with Gasteiger partial charge in [0.05, 0.1) is 11.3 Å². The van der Waals surface area contributed by atoms with Gasteiger partial charge in [0.1, 0.15) is 0 Å². The van der Waals surface area contributed by atoms with Gasteiger partial charge in [-0.25, -0.2) is 4.68 Å². The smallest absolute Gasteiger partial charge is 0.416 e. The van der Waals surface area contributed by atoms with Gasteiger partial charge >= 0.3 is 6.18 Å². The Morgan fingerprint density at radius 2 is 1.84 bits per heavy atom. The summed E-state index contributed by atoms with van der Waals surface area (Å²) in [4.78, 5) is 24.7. The third-order valence-electron chi connectivity index (χ3n) is 4.48. The second-order valence-electron chi connectivity index (χ2n) is 6.79. The molecule has 1 aromatic heterocycles. The maximum absolute atomic E-state index is 13.0. The molecule has 0 aliphatic rings. The molecule has 0 fully saturated rings. The predicted octanol–water partition coefficient (Wildman–Crippen LogP) is 2.94. The number of phenolic OH excluding ortho intramolecular Hbond substituents is 2. The average molecular weight is 433 g/mol. The number of nitrogens with zero attached hydrogens (tertiary/aromatic N) is 2. The number of hydrogen-bond donors (Lipinski definition) is 3. The number of aromatic hydroxyl groups is 2. The molecular weight excluding hydrogens is 415 g/mol. The number of benzene rings is 2. The molecule has 0 aliphatic heterocycles. The Morgan fingerprint density at radius 1 is 1.10 bits per heavy atom. The molecule has 162 valence electrons. The first-order chi connectivity index (χ1) is 14.6. The van der Waals surface area contributed by atoms with Crippen LogP contribution in [0.5, 0.6) is 11.5 Å². The lowest BCUT2D eigenvalue weighted by atomic mass is 10.1. The van der Waals surface area contributed by atoms with Crippen molar-refractivity contribution in [2.45, 2.75) is 19.5 Å². The molecule has 3 rings (SSSR count).